The van der Waals surface area contributed by atoms with Crippen molar-refractivity contribution < 1.29 is 19.1 Å². The topological polar surface area (TPSA) is 52.6 Å². The molecule has 2 aromatic carbocycles. The lowest BCUT2D eigenvalue weighted by atomic mass is 9.69. The Hall–Kier alpha value is -2.30. The van der Waals surface area contributed by atoms with Crippen molar-refractivity contribution in [2.24, 2.45) is 0 Å². The van der Waals surface area contributed by atoms with Crippen LogP contribution in [0.25, 0.3) is 11.1 Å². The predicted molar refractivity (Wildman–Crippen MR) is 114 cm³/mol. The Labute approximate surface area is 173 Å². The summed E-state index contributed by atoms with van der Waals surface area (Å²) in [5.74, 6) is 0. The number of fused-ring (bicyclic) bond motifs is 3. The van der Waals surface area contributed by atoms with Crippen molar-refractivity contribution in [3.05, 3.63) is 59.7 Å². The molecule has 0 radical (unpaired) electrons. The van der Waals surface area contributed by atoms with Crippen LogP contribution in [-0.4, -0.2) is 36.0 Å². The highest BCUT2D eigenvalue weighted by molar-refractivity contribution is 5.87. The molecule has 4 nitrogen and oxygen atoms in total. The fourth-order valence-electron chi connectivity index (χ4n) is 4.30. The predicted octanol–water partition coefficient (Wildman–Crippen LogP) is 4.72. The van der Waals surface area contributed by atoms with E-state index >= 15 is 0 Å². The van der Waals surface area contributed by atoms with Gasteiger partial charge in [-0.05, 0) is 63.8 Å². The molecular formula is C25H30O4. The molecule has 0 aromatic heterocycles. The number of hydrogen-bond donors (Lipinski definition) is 0. The number of carbonyl (C=O) groups excluding carboxylic acids is 2. The van der Waals surface area contributed by atoms with Crippen molar-refractivity contribution in [2.75, 3.05) is 0 Å². The van der Waals surface area contributed by atoms with Crippen molar-refractivity contribution in [2.45, 2.75) is 70.4 Å². The van der Waals surface area contributed by atoms with Crippen LogP contribution in [-0.2, 0) is 24.5 Å². The number of carbonyl (C=O) groups is 2. The first-order chi connectivity index (χ1) is 13.5. The largest absolute Gasteiger partial charge is 0.364 e. The fraction of sp³-hybridized carbons (Fsp3) is 0.440. The van der Waals surface area contributed by atoms with Crippen LogP contribution in [0, 0.1) is 0 Å². The second kappa shape index (κ2) is 7.51. The van der Waals surface area contributed by atoms with Crippen LogP contribution in [0.2, 0.25) is 0 Å². The molecule has 0 N–H and O–H groups in total. The first kappa shape index (κ1) is 21.4. The zero-order valence-electron chi connectivity index (χ0n) is 18.1. The fourth-order valence-corrected chi connectivity index (χ4v) is 4.30. The minimum absolute atomic E-state index is 0.583. The first-order valence-corrected chi connectivity index (χ1v) is 10.00. The third kappa shape index (κ3) is 3.79. The van der Waals surface area contributed by atoms with E-state index in [4.69, 9.17) is 9.47 Å². The molecule has 0 aliphatic heterocycles. The number of ether oxygens (including phenoxy) is 2. The van der Waals surface area contributed by atoms with E-state index in [1.807, 2.05) is 90.1 Å². The highest BCUT2D eigenvalue weighted by Crippen LogP contribution is 2.54. The lowest BCUT2D eigenvalue weighted by Gasteiger charge is -2.44. The van der Waals surface area contributed by atoms with E-state index < -0.39 is 28.8 Å². The molecule has 1 aliphatic carbocycles. The molecule has 0 saturated heterocycles. The maximum atomic E-state index is 12.5. The molecule has 2 aromatic rings. The number of hydrogen-bond acceptors (Lipinski definition) is 4. The van der Waals surface area contributed by atoms with Crippen LogP contribution >= 0.6 is 0 Å². The molecule has 0 heterocycles. The first-order valence-electron chi connectivity index (χ1n) is 10.00. The van der Waals surface area contributed by atoms with Crippen molar-refractivity contribution >= 4 is 12.6 Å². The van der Waals surface area contributed by atoms with E-state index in [2.05, 4.69) is 0 Å². The monoisotopic (exact) mass is 394 g/mol. The van der Waals surface area contributed by atoms with Crippen LogP contribution in [0.4, 0.5) is 0 Å². The molecule has 0 amide bonds. The van der Waals surface area contributed by atoms with E-state index in [-0.39, 0.29) is 0 Å². The van der Waals surface area contributed by atoms with Crippen LogP contribution in [0.5, 0.6) is 0 Å². The van der Waals surface area contributed by atoms with Gasteiger partial charge in [0.25, 0.3) is 0 Å². The summed E-state index contributed by atoms with van der Waals surface area (Å²) in [7, 11) is 0. The SMILES string of the molecule is CC(C)(C)OC(C=O)C1(C(C=O)OC(C)(C)C)c2ccccc2-c2ccccc21. The Kier molecular flexibility index (Phi) is 5.54. The van der Waals surface area contributed by atoms with Crippen LogP contribution < -0.4 is 0 Å². The van der Waals surface area contributed by atoms with Gasteiger partial charge in [-0.1, -0.05) is 48.5 Å². The highest BCUT2D eigenvalue weighted by atomic mass is 16.5. The molecule has 4 heteroatoms. The quantitative estimate of drug-likeness (QED) is 0.666. The van der Waals surface area contributed by atoms with E-state index in [1.165, 1.54) is 0 Å². The molecule has 2 unspecified atom stereocenters. The smallest absolute Gasteiger partial charge is 0.150 e. The zero-order chi connectivity index (χ0) is 21.4. The van der Waals surface area contributed by atoms with E-state index in [9.17, 15) is 9.59 Å². The second-order valence-corrected chi connectivity index (χ2v) is 9.53. The maximum Gasteiger partial charge on any atom is 0.150 e. The van der Waals surface area contributed by atoms with E-state index in [1.54, 1.807) is 0 Å². The summed E-state index contributed by atoms with van der Waals surface area (Å²) >= 11 is 0. The van der Waals surface area contributed by atoms with Gasteiger partial charge in [-0.25, -0.2) is 0 Å². The van der Waals surface area contributed by atoms with Crippen molar-refractivity contribution in [1.82, 2.24) is 0 Å². The summed E-state index contributed by atoms with van der Waals surface area (Å²) in [6, 6.07) is 15.8. The summed E-state index contributed by atoms with van der Waals surface area (Å²) in [5, 5.41) is 0. The Bertz CT molecular complexity index is 826. The Morgan fingerprint density at radius 2 is 1.03 bits per heavy atom. The Morgan fingerprint density at radius 3 is 1.34 bits per heavy atom. The van der Waals surface area contributed by atoms with Crippen LogP contribution in [0.3, 0.4) is 0 Å². The van der Waals surface area contributed by atoms with E-state index in [0.717, 1.165) is 34.8 Å². The van der Waals surface area contributed by atoms with Gasteiger partial charge in [0.2, 0.25) is 0 Å². The lowest BCUT2D eigenvalue weighted by molar-refractivity contribution is -0.161. The van der Waals surface area contributed by atoms with Gasteiger partial charge in [0.1, 0.15) is 24.8 Å². The summed E-state index contributed by atoms with van der Waals surface area (Å²) < 4.78 is 12.6. The molecule has 29 heavy (non-hydrogen) atoms. The van der Waals surface area contributed by atoms with E-state index in [0.29, 0.717) is 0 Å². The zero-order valence-corrected chi connectivity index (χ0v) is 18.1. The lowest BCUT2D eigenvalue weighted by Crippen LogP contribution is -2.56. The molecule has 0 saturated carbocycles. The van der Waals surface area contributed by atoms with Crippen molar-refractivity contribution in [1.29, 1.82) is 0 Å². The van der Waals surface area contributed by atoms with Gasteiger partial charge in [0, 0.05) is 0 Å². The van der Waals surface area contributed by atoms with Crippen molar-refractivity contribution in [3.63, 3.8) is 0 Å². The normalized spacial score (nSPS) is 17.2. The van der Waals surface area contributed by atoms with Gasteiger partial charge < -0.3 is 19.1 Å². The summed E-state index contributed by atoms with van der Waals surface area (Å²) in [5.41, 5.74) is 1.51. The van der Waals surface area contributed by atoms with Crippen LogP contribution in [0.15, 0.2) is 48.5 Å². The average Bonchev–Trinajstić information content (AvgIpc) is 2.94. The standard InChI is InChI=1S/C25H30O4/c1-23(2,3)28-21(15-26)25(22(16-27)29-24(4,5)6)19-13-9-7-11-17(19)18-12-8-10-14-20(18)25/h7-16,21-22H,1-6H3. The molecule has 0 bridgehead atoms. The van der Waals surface area contributed by atoms with Gasteiger partial charge in [0.15, 0.2) is 0 Å². The summed E-state index contributed by atoms with van der Waals surface area (Å²) in [4.78, 5) is 25.0. The molecule has 3 rings (SSSR count). The minimum atomic E-state index is -1.07. The highest BCUT2D eigenvalue weighted by Gasteiger charge is 2.56. The van der Waals surface area contributed by atoms with Gasteiger partial charge in [-0.2, -0.15) is 0 Å². The molecule has 0 spiro atoms. The molecule has 154 valence electrons. The maximum absolute atomic E-state index is 12.5. The van der Waals surface area contributed by atoms with Gasteiger partial charge >= 0.3 is 0 Å². The Morgan fingerprint density at radius 1 is 0.690 bits per heavy atom. The molecule has 1 aliphatic rings. The second-order valence-electron chi connectivity index (χ2n) is 9.53. The van der Waals surface area contributed by atoms with Crippen molar-refractivity contribution in [3.8, 4) is 11.1 Å². The number of rotatable bonds is 6. The van der Waals surface area contributed by atoms with Crippen LogP contribution in [0.1, 0.15) is 52.7 Å². The Balaban J connectivity index is 2.37. The molecular weight excluding hydrogens is 364 g/mol. The third-order valence-electron chi connectivity index (χ3n) is 5.14. The summed E-state index contributed by atoms with van der Waals surface area (Å²) in [6.45, 7) is 11.4. The summed E-state index contributed by atoms with van der Waals surface area (Å²) in [6.07, 6.45) is -0.172. The average molecular weight is 395 g/mol. The van der Waals surface area contributed by atoms with Gasteiger partial charge in [-0.15, -0.1) is 0 Å². The third-order valence-corrected chi connectivity index (χ3v) is 5.14. The molecule has 0 fully saturated rings. The van der Waals surface area contributed by atoms with Gasteiger partial charge in [-0.3, -0.25) is 0 Å². The molecule has 2 atom stereocenters. The van der Waals surface area contributed by atoms with Gasteiger partial charge in [0.05, 0.1) is 16.6 Å². The number of benzene rings is 2. The minimum Gasteiger partial charge on any atom is -0.364 e. The number of aldehydes is 2.